The van der Waals surface area contributed by atoms with E-state index in [2.05, 4.69) is 15.9 Å². The van der Waals surface area contributed by atoms with Crippen LogP contribution >= 0.6 is 15.9 Å². The maximum atomic E-state index is 9.78. The van der Waals surface area contributed by atoms with Crippen LogP contribution in [-0.2, 0) is 0 Å². The Morgan fingerprint density at radius 2 is 2.27 bits per heavy atom. The molecule has 4 nitrogen and oxygen atoms in total. The van der Waals surface area contributed by atoms with Crippen LogP contribution in [0.15, 0.2) is 16.6 Å². The number of nitrogens with two attached hydrogens (primary N) is 1. The molecule has 1 aromatic carbocycles. The molecule has 2 rings (SSSR count). The Morgan fingerprint density at radius 1 is 1.47 bits per heavy atom. The first-order chi connectivity index (χ1) is 7.22. The van der Waals surface area contributed by atoms with Crippen molar-refractivity contribution in [2.24, 2.45) is 5.73 Å². The lowest BCUT2D eigenvalue weighted by molar-refractivity contribution is 0.167. The Balaban J connectivity index is 2.30. The van der Waals surface area contributed by atoms with E-state index in [4.69, 9.17) is 15.2 Å². The summed E-state index contributed by atoms with van der Waals surface area (Å²) in [7, 11) is 0. The number of ether oxygens (including phenoxy) is 2. The molecule has 0 aliphatic carbocycles. The molecule has 5 heteroatoms. The minimum absolute atomic E-state index is 0.227. The average molecular weight is 274 g/mol. The number of halogens is 1. The van der Waals surface area contributed by atoms with Crippen LogP contribution in [0.3, 0.4) is 0 Å². The summed E-state index contributed by atoms with van der Waals surface area (Å²) in [5.74, 6) is 1.36. The first-order valence-electron chi connectivity index (χ1n) is 4.69. The summed E-state index contributed by atoms with van der Waals surface area (Å²) >= 11 is 3.37. The van der Waals surface area contributed by atoms with Crippen molar-refractivity contribution >= 4 is 15.9 Å². The molecule has 1 unspecified atom stereocenters. The van der Waals surface area contributed by atoms with Gasteiger partial charge in [0.15, 0.2) is 11.5 Å². The number of fused-ring (bicyclic) bond motifs is 1. The second-order valence-corrected chi connectivity index (χ2v) is 4.18. The van der Waals surface area contributed by atoms with E-state index in [-0.39, 0.29) is 6.79 Å². The van der Waals surface area contributed by atoms with Crippen molar-refractivity contribution < 1.29 is 14.6 Å². The summed E-state index contributed by atoms with van der Waals surface area (Å²) in [6, 6.07) is 3.61. The van der Waals surface area contributed by atoms with E-state index < -0.39 is 6.10 Å². The third-order valence-electron chi connectivity index (χ3n) is 2.27. The Morgan fingerprint density at radius 3 is 3.00 bits per heavy atom. The van der Waals surface area contributed by atoms with Gasteiger partial charge in [0.25, 0.3) is 0 Å². The van der Waals surface area contributed by atoms with E-state index in [1.165, 1.54) is 0 Å². The highest BCUT2D eigenvalue weighted by atomic mass is 79.9. The van der Waals surface area contributed by atoms with Gasteiger partial charge in [-0.25, -0.2) is 0 Å². The molecule has 1 heterocycles. The van der Waals surface area contributed by atoms with Crippen LogP contribution in [-0.4, -0.2) is 18.4 Å². The molecule has 0 bridgehead atoms. The first kappa shape index (κ1) is 10.7. The number of aliphatic hydroxyl groups excluding tert-OH is 1. The van der Waals surface area contributed by atoms with E-state index >= 15 is 0 Å². The average Bonchev–Trinajstić information content (AvgIpc) is 2.66. The largest absolute Gasteiger partial charge is 0.454 e. The lowest BCUT2D eigenvalue weighted by Crippen LogP contribution is -2.06. The normalized spacial score (nSPS) is 15.4. The molecule has 1 aliphatic heterocycles. The summed E-state index contributed by atoms with van der Waals surface area (Å²) in [4.78, 5) is 0. The molecule has 0 aromatic heterocycles. The Hall–Kier alpha value is -0.780. The molecule has 0 fully saturated rings. The number of rotatable bonds is 3. The van der Waals surface area contributed by atoms with E-state index in [0.717, 1.165) is 10.0 Å². The summed E-state index contributed by atoms with van der Waals surface area (Å²) < 4.78 is 11.3. The second-order valence-electron chi connectivity index (χ2n) is 3.33. The molecule has 82 valence electrons. The predicted molar refractivity (Wildman–Crippen MR) is 58.9 cm³/mol. The molecule has 0 amide bonds. The molecular weight excluding hydrogens is 262 g/mol. The molecule has 15 heavy (non-hydrogen) atoms. The topological polar surface area (TPSA) is 64.7 Å². The minimum atomic E-state index is -0.555. The zero-order valence-electron chi connectivity index (χ0n) is 8.07. The van der Waals surface area contributed by atoms with Crippen LogP contribution in [0.5, 0.6) is 11.5 Å². The smallest absolute Gasteiger partial charge is 0.231 e. The van der Waals surface area contributed by atoms with Crippen LogP contribution in [0.25, 0.3) is 0 Å². The predicted octanol–water partition coefficient (Wildman–Crippen LogP) is 1.56. The lowest BCUT2D eigenvalue weighted by atomic mass is 10.1. The van der Waals surface area contributed by atoms with Crippen molar-refractivity contribution in [2.45, 2.75) is 12.5 Å². The maximum Gasteiger partial charge on any atom is 0.231 e. The highest BCUT2D eigenvalue weighted by Gasteiger charge is 2.20. The van der Waals surface area contributed by atoms with E-state index in [0.29, 0.717) is 24.5 Å². The van der Waals surface area contributed by atoms with Gasteiger partial charge in [0, 0.05) is 0 Å². The van der Waals surface area contributed by atoms with E-state index in [1.54, 1.807) is 6.07 Å². The molecule has 1 atom stereocenters. The van der Waals surface area contributed by atoms with E-state index in [1.807, 2.05) is 6.07 Å². The molecule has 0 spiro atoms. The van der Waals surface area contributed by atoms with Crippen molar-refractivity contribution in [3.63, 3.8) is 0 Å². The van der Waals surface area contributed by atoms with Crippen molar-refractivity contribution in [3.05, 3.63) is 22.2 Å². The van der Waals surface area contributed by atoms with Crippen molar-refractivity contribution in [1.29, 1.82) is 0 Å². The van der Waals surface area contributed by atoms with Gasteiger partial charge >= 0.3 is 0 Å². The van der Waals surface area contributed by atoms with Crippen LogP contribution in [0, 0.1) is 0 Å². The van der Waals surface area contributed by atoms with Gasteiger partial charge in [0.05, 0.1) is 10.6 Å². The first-order valence-corrected chi connectivity index (χ1v) is 5.49. The highest BCUT2D eigenvalue weighted by Crippen LogP contribution is 2.41. The Bertz CT molecular complexity index is 370. The van der Waals surface area contributed by atoms with Crippen molar-refractivity contribution in [3.8, 4) is 11.5 Å². The Kier molecular flexibility index (Phi) is 3.14. The third kappa shape index (κ3) is 2.09. The van der Waals surface area contributed by atoms with Gasteiger partial charge in [-0.2, -0.15) is 0 Å². The van der Waals surface area contributed by atoms with Gasteiger partial charge in [-0.1, -0.05) is 0 Å². The summed E-state index contributed by atoms with van der Waals surface area (Å²) in [5, 5.41) is 9.78. The van der Waals surface area contributed by atoms with Gasteiger partial charge < -0.3 is 20.3 Å². The summed E-state index contributed by atoms with van der Waals surface area (Å²) in [6.07, 6.45) is -0.0210. The number of benzene rings is 1. The highest BCUT2D eigenvalue weighted by molar-refractivity contribution is 9.10. The van der Waals surface area contributed by atoms with Crippen molar-refractivity contribution in [2.75, 3.05) is 13.3 Å². The van der Waals surface area contributed by atoms with Gasteiger partial charge in [0.1, 0.15) is 0 Å². The fourth-order valence-corrected chi connectivity index (χ4v) is 2.08. The number of aliphatic hydroxyl groups is 1. The Labute approximate surface area is 96.1 Å². The van der Waals surface area contributed by atoms with Crippen LogP contribution in [0.2, 0.25) is 0 Å². The quantitative estimate of drug-likeness (QED) is 0.878. The summed E-state index contributed by atoms with van der Waals surface area (Å²) in [6.45, 7) is 0.678. The zero-order chi connectivity index (χ0) is 10.8. The third-order valence-corrected chi connectivity index (χ3v) is 2.86. The minimum Gasteiger partial charge on any atom is -0.454 e. The zero-order valence-corrected chi connectivity index (χ0v) is 9.66. The standard InChI is InChI=1S/C10H12BrNO3/c11-7-3-6(8(13)1-2-12)4-9-10(7)15-5-14-9/h3-4,8,13H,1-2,5,12H2. The lowest BCUT2D eigenvalue weighted by Gasteiger charge is -2.11. The molecular formula is C10H12BrNO3. The number of hydrogen-bond acceptors (Lipinski definition) is 4. The van der Waals surface area contributed by atoms with E-state index in [9.17, 15) is 5.11 Å². The molecule has 1 aromatic rings. The fourth-order valence-electron chi connectivity index (χ4n) is 1.50. The van der Waals surface area contributed by atoms with Gasteiger partial charge in [-0.05, 0) is 46.6 Å². The molecule has 1 aliphatic rings. The molecule has 3 N–H and O–H groups in total. The molecule has 0 saturated heterocycles. The van der Waals surface area contributed by atoms with Gasteiger partial charge in [0.2, 0.25) is 6.79 Å². The maximum absolute atomic E-state index is 9.78. The second kappa shape index (κ2) is 4.38. The number of hydrogen-bond donors (Lipinski definition) is 2. The molecule has 0 radical (unpaired) electrons. The van der Waals surface area contributed by atoms with Crippen LogP contribution in [0.4, 0.5) is 0 Å². The van der Waals surface area contributed by atoms with Gasteiger partial charge in [-0.15, -0.1) is 0 Å². The van der Waals surface area contributed by atoms with Crippen LogP contribution in [0.1, 0.15) is 18.1 Å². The SMILES string of the molecule is NCCC(O)c1cc(Br)c2c(c1)OCO2. The molecule has 0 saturated carbocycles. The van der Waals surface area contributed by atoms with Crippen molar-refractivity contribution in [1.82, 2.24) is 0 Å². The van der Waals surface area contributed by atoms with Gasteiger partial charge in [-0.3, -0.25) is 0 Å². The van der Waals surface area contributed by atoms with Crippen LogP contribution < -0.4 is 15.2 Å². The monoisotopic (exact) mass is 273 g/mol. The fraction of sp³-hybridized carbons (Fsp3) is 0.400. The summed E-state index contributed by atoms with van der Waals surface area (Å²) in [5.41, 5.74) is 6.18.